The van der Waals surface area contributed by atoms with Crippen molar-refractivity contribution in [3.05, 3.63) is 29.8 Å². The van der Waals surface area contributed by atoms with Gasteiger partial charge in [0, 0.05) is 31.7 Å². The molecule has 0 bridgehead atoms. The fourth-order valence-corrected chi connectivity index (χ4v) is 3.65. The summed E-state index contributed by atoms with van der Waals surface area (Å²) in [5.41, 5.74) is 2.31. The van der Waals surface area contributed by atoms with Crippen LogP contribution in [0.25, 0.3) is 0 Å². The van der Waals surface area contributed by atoms with Crippen molar-refractivity contribution >= 4 is 17.5 Å². The Morgan fingerprint density at radius 3 is 2.50 bits per heavy atom. The molecule has 3 rings (SSSR count). The van der Waals surface area contributed by atoms with Crippen molar-refractivity contribution in [1.82, 2.24) is 10.6 Å². The molecule has 24 heavy (non-hydrogen) atoms. The zero-order valence-electron chi connectivity index (χ0n) is 14.4. The van der Waals surface area contributed by atoms with E-state index in [0.717, 1.165) is 5.56 Å². The van der Waals surface area contributed by atoms with Crippen LogP contribution in [0.4, 0.5) is 5.69 Å². The van der Waals surface area contributed by atoms with Crippen LogP contribution in [0.15, 0.2) is 24.3 Å². The second kappa shape index (κ2) is 7.69. The molecule has 1 atom stereocenters. The second-order valence-corrected chi connectivity index (χ2v) is 6.95. The Morgan fingerprint density at radius 1 is 1.17 bits per heavy atom. The molecule has 1 aliphatic heterocycles. The number of carbonyl (C=O) groups is 2. The molecule has 0 aromatic heterocycles. The van der Waals surface area contributed by atoms with Gasteiger partial charge in [0.2, 0.25) is 11.8 Å². The first-order valence-corrected chi connectivity index (χ1v) is 9.02. The van der Waals surface area contributed by atoms with Crippen molar-refractivity contribution < 1.29 is 9.59 Å². The second-order valence-electron chi connectivity index (χ2n) is 6.95. The number of carbonyl (C=O) groups excluding carboxylic acids is 2. The zero-order chi connectivity index (χ0) is 16.9. The molecule has 1 saturated heterocycles. The molecule has 1 aliphatic carbocycles. The first-order valence-electron chi connectivity index (χ1n) is 9.02. The molecular formula is C19H27N3O2. The highest BCUT2D eigenvalue weighted by atomic mass is 16.2. The summed E-state index contributed by atoms with van der Waals surface area (Å²) in [5.74, 6) is -0.130. The van der Waals surface area contributed by atoms with E-state index in [0.29, 0.717) is 25.4 Å². The zero-order valence-corrected chi connectivity index (χ0v) is 14.4. The van der Waals surface area contributed by atoms with Gasteiger partial charge in [-0.3, -0.25) is 9.59 Å². The third-order valence-corrected chi connectivity index (χ3v) is 5.24. The van der Waals surface area contributed by atoms with Gasteiger partial charge in [-0.15, -0.1) is 0 Å². The molecule has 1 aromatic rings. The summed E-state index contributed by atoms with van der Waals surface area (Å²) in [4.78, 5) is 25.6. The van der Waals surface area contributed by atoms with Crippen LogP contribution >= 0.6 is 0 Å². The molecule has 2 aliphatic rings. The molecule has 5 heteroatoms. The van der Waals surface area contributed by atoms with E-state index in [-0.39, 0.29) is 17.9 Å². The SMILES string of the molecule is CN(c1ccc(CNC(=O)[C@H]2CCC(=O)N2)cc1)C1CCCCC1. The summed E-state index contributed by atoms with van der Waals surface area (Å²) < 4.78 is 0. The normalized spacial score (nSPS) is 21.4. The summed E-state index contributed by atoms with van der Waals surface area (Å²) in [7, 11) is 2.18. The molecule has 2 N–H and O–H groups in total. The van der Waals surface area contributed by atoms with Crippen molar-refractivity contribution in [2.75, 3.05) is 11.9 Å². The lowest BCUT2D eigenvalue weighted by Gasteiger charge is -2.33. The number of rotatable bonds is 5. The van der Waals surface area contributed by atoms with E-state index in [1.54, 1.807) is 0 Å². The van der Waals surface area contributed by atoms with Gasteiger partial charge in [-0.2, -0.15) is 0 Å². The molecule has 2 amide bonds. The van der Waals surface area contributed by atoms with E-state index < -0.39 is 0 Å². The monoisotopic (exact) mass is 329 g/mol. The molecule has 130 valence electrons. The van der Waals surface area contributed by atoms with Gasteiger partial charge in [0.25, 0.3) is 0 Å². The standard InChI is InChI=1S/C19H27N3O2/c1-22(15-5-3-2-4-6-15)16-9-7-14(8-10-16)13-20-19(24)17-11-12-18(23)21-17/h7-10,15,17H,2-6,11-13H2,1H3,(H,20,24)(H,21,23)/t17-/m1/s1. The Labute approximate surface area is 143 Å². The lowest BCUT2D eigenvalue weighted by Crippen LogP contribution is -2.41. The van der Waals surface area contributed by atoms with Gasteiger partial charge in [0.05, 0.1) is 0 Å². The van der Waals surface area contributed by atoms with Crippen molar-refractivity contribution in [1.29, 1.82) is 0 Å². The fourth-order valence-electron chi connectivity index (χ4n) is 3.65. The summed E-state index contributed by atoms with van der Waals surface area (Å²) in [6.45, 7) is 0.499. The lowest BCUT2D eigenvalue weighted by atomic mass is 9.94. The van der Waals surface area contributed by atoms with Crippen LogP contribution in [0.3, 0.4) is 0 Å². The van der Waals surface area contributed by atoms with E-state index in [2.05, 4.69) is 46.8 Å². The first kappa shape index (κ1) is 16.8. The highest BCUT2D eigenvalue weighted by molar-refractivity contribution is 5.90. The number of amides is 2. The molecule has 1 aromatic carbocycles. The molecule has 0 spiro atoms. The molecule has 5 nitrogen and oxygen atoms in total. The van der Waals surface area contributed by atoms with Gasteiger partial charge >= 0.3 is 0 Å². The molecule has 0 radical (unpaired) electrons. The number of nitrogens with zero attached hydrogens (tertiary/aromatic N) is 1. The van der Waals surface area contributed by atoms with E-state index in [9.17, 15) is 9.59 Å². The van der Waals surface area contributed by atoms with Crippen LogP contribution in [-0.2, 0) is 16.1 Å². The van der Waals surface area contributed by atoms with Crippen LogP contribution < -0.4 is 15.5 Å². The summed E-state index contributed by atoms with van der Waals surface area (Å²) in [6.07, 6.45) is 7.62. The number of nitrogens with one attached hydrogen (secondary N) is 2. The van der Waals surface area contributed by atoms with Gasteiger partial charge in [-0.25, -0.2) is 0 Å². The number of anilines is 1. The molecule has 1 saturated carbocycles. The lowest BCUT2D eigenvalue weighted by molar-refractivity contribution is -0.125. The Balaban J connectivity index is 1.50. The Bertz CT molecular complexity index is 579. The minimum Gasteiger partial charge on any atom is -0.372 e. The summed E-state index contributed by atoms with van der Waals surface area (Å²) >= 11 is 0. The van der Waals surface area contributed by atoms with Crippen molar-refractivity contribution in [2.24, 2.45) is 0 Å². The topological polar surface area (TPSA) is 61.4 Å². The average molecular weight is 329 g/mol. The van der Waals surface area contributed by atoms with Crippen LogP contribution in [0.1, 0.15) is 50.5 Å². The van der Waals surface area contributed by atoms with Crippen LogP contribution in [0.2, 0.25) is 0 Å². The van der Waals surface area contributed by atoms with Crippen LogP contribution in [0, 0.1) is 0 Å². The van der Waals surface area contributed by atoms with E-state index in [4.69, 9.17) is 0 Å². The third-order valence-electron chi connectivity index (χ3n) is 5.24. The average Bonchev–Trinajstić information content (AvgIpc) is 3.07. The maximum Gasteiger partial charge on any atom is 0.242 e. The highest BCUT2D eigenvalue weighted by Crippen LogP contribution is 2.26. The van der Waals surface area contributed by atoms with Gasteiger partial charge in [0.15, 0.2) is 0 Å². The van der Waals surface area contributed by atoms with Gasteiger partial charge < -0.3 is 15.5 Å². The molecular weight excluding hydrogens is 302 g/mol. The molecule has 2 fully saturated rings. The number of benzene rings is 1. The van der Waals surface area contributed by atoms with Crippen molar-refractivity contribution in [2.45, 2.75) is 63.6 Å². The van der Waals surface area contributed by atoms with E-state index in [1.165, 1.54) is 37.8 Å². The predicted molar refractivity (Wildman–Crippen MR) is 94.7 cm³/mol. The highest BCUT2D eigenvalue weighted by Gasteiger charge is 2.26. The van der Waals surface area contributed by atoms with Crippen molar-refractivity contribution in [3.63, 3.8) is 0 Å². The quantitative estimate of drug-likeness (QED) is 0.872. The van der Waals surface area contributed by atoms with Crippen LogP contribution in [0.5, 0.6) is 0 Å². The summed E-state index contributed by atoms with van der Waals surface area (Å²) in [5, 5.41) is 5.60. The smallest absolute Gasteiger partial charge is 0.242 e. The maximum absolute atomic E-state index is 12.0. The Hall–Kier alpha value is -2.04. The number of hydrogen-bond acceptors (Lipinski definition) is 3. The predicted octanol–water partition coefficient (Wildman–Crippen LogP) is 2.35. The van der Waals surface area contributed by atoms with Gasteiger partial charge in [0.1, 0.15) is 6.04 Å². The van der Waals surface area contributed by atoms with Gasteiger partial charge in [-0.05, 0) is 37.0 Å². The first-order chi connectivity index (χ1) is 11.6. The minimum atomic E-state index is -0.366. The Morgan fingerprint density at radius 2 is 1.88 bits per heavy atom. The maximum atomic E-state index is 12.0. The minimum absolute atomic E-state index is 0.0368. The van der Waals surface area contributed by atoms with E-state index >= 15 is 0 Å². The third kappa shape index (κ3) is 4.08. The molecule has 0 unspecified atom stereocenters. The van der Waals surface area contributed by atoms with E-state index in [1.807, 2.05) is 0 Å². The Kier molecular flexibility index (Phi) is 5.38. The molecule has 1 heterocycles. The fraction of sp³-hybridized carbons (Fsp3) is 0.579. The van der Waals surface area contributed by atoms with Crippen LogP contribution in [-0.4, -0.2) is 30.9 Å². The number of hydrogen-bond donors (Lipinski definition) is 2. The van der Waals surface area contributed by atoms with Gasteiger partial charge in [-0.1, -0.05) is 31.4 Å². The van der Waals surface area contributed by atoms with Crippen molar-refractivity contribution in [3.8, 4) is 0 Å². The largest absolute Gasteiger partial charge is 0.372 e. The summed E-state index contributed by atoms with van der Waals surface area (Å²) in [6, 6.07) is 8.69.